The molecule has 0 saturated carbocycles. The fourth-order valence-corrected chi connectivity index (χ4v) is 2.74. The molecular weight excluding hydrogens is 294 g/mol. The number of ether oxygens (including phenoxy) is 2. The summed E-state index contributed by atoms with van der Waals surface area (Å²) in [5, 5.41) is 0. The number of hydrogen-bond acceptors (Lipinski definition) is 4. The number of rotatable bonds is 4. The van der Waals surface area contributed by atoms with Crippen LogP contribution in [0.1, 0.15) is 17.5 Å². The molecule has 1 amide bonds. The minimum absolute atomic E-state index is 0.0855. The minimum Gasteiger partial charge on any atom is -0.497 e. The van der Waals surface area contributed by atoms with Gasteiger partial charge in [-0.2, -0.15) is 0 Å². The largest absolute Gasteiger partial charge is 0.497 e. The van der Waals surface area contributed by atoms with Crippen molar-refractivity contribution in [3.05, 3.63) is 48.0 Å². The molecule has 1 saturated heterocycles. The minimum atomic E-state index is -0.119. The third kappa shape index (κ3) is 3.53. The van der Waals surface area contributed by atoms with Gasteiger partial charge in [-0.05, 0) is 24.6 Å². The highest BCUT2D eigenvalue weighted by Gasteiger charge is 2.25. The van der Waals surface area contributed by atoms with Crippen LogP contribution in [0.5, 0.6) is 5.75 Å². The van der Waals surface area contributed by atoms with Crippen molar-refractivity contribution in [2.24, 2.45) is 0 Å². The number of methoxy groups -OCH3 is 1. The lowest BCUT2D eigenvalue weighted by Crippen LogP contribution is -2.43. The van der Waals surface area contributed by atoms with E-state index in [1.54, 1.807) is 13.3 Å². The van der Waals surface area contributed by atoms with Crippen molar-refractivity contribution in [1.29, 1.82) is 0 Å². The van der Waals surface area contributed by atoms with E-state index in [1.807, 2.05) is 46.9 Å². The van der Waals surface area contributed by atoms with Crippen LogP contribution in [0.2, 0.25) is 0 Å². The molecule has 0 spiro atoms. The first-order chi connectivity index (χ1) is 11.2. The third-order valence-electron chi connectivity index (χ3n) is 4.11. The molecular formula is C17H21N3O3. The van der Waals surface area contributed by atoms with Crippen molar-refractivity contribution in [3.63, 3.8) is 0 Å². The Morgan fingerprint density at radius 1 is 1.48 bits per heavy atom. The second-order valence-electron chi connectivity index (χ2n) is 5.58. The van der Waals surface area contributed by atoms with Gasteiger partial charge in [-0.3, -0.25) is 4.79 Å². The van der Waals surface area contributed by atoms with Crippen LogP contribution in [-0.2, 0) is 16.1 Å². The molecule has 2 heterocycles. The van der Waals surface area contributed by atoms with Crippen LogP contribution in [-0.4, -0.2) is 47.2 Å². The summed E-state index contributed by atoms with van der Waals surface area (Å²) in [6.45, 7) is 3.92. The van der Waals surface area contributed by atoms with E-state index in [0.29, 0.717) is 26.2 Å². The molecule has 6 heteroatoms. The van der Waals surface area contributed by atoms with Gasteiger partial charge in [0.05, 0.1) is 20.3 Å². The summed E-state index contributed by atoms with van der Waals surface area (Å²) in [5.41, 5.74) is 1.03. The highest BCUT2D eigenvalue weighted by molar-refractivity contribution is 5.76. The molecule has 0 radical (unpaired) electrons. The van der Waals surface area contributed by atoms with Gasteiger partial charge in [-0.15, -0.1) is 0 Å². The molecule has 1 atom stereocenters. The Labute approximate surface area is 135 Å². The lowest BCUT2D eigenvalue weighted by molar-refractivity contribution is -0.139. The van der Waals surface area contributed by atoms with E-state index in [2.05, 4.69) is 4.98 Å². The van der Waals surface area contributed by atoms with Crippen LogP contribution in [0, 0.1) is 6.92 Å². The van der Waals surface area contributed by atoms with Crippen LogP contribution in [0.4, 0.5) is 0 Å². The third-order valence-corrected chi connectivity index (χ3v) is 4.11. The number of aromatic nitrogens is 2. The van der Waals surface area contributed by atoms with Crippen molar-refractivity contribution >= 4 is 5.91 Å². The molecule has 6 nitrogen and oxygen atoms in total. The molecule has 2 aromatic rings. The zero-order chi connectivity index (χ0) is 16.2. The van der Waals surface area contributed by atoms with Gasteiger partial charge in [0.1, 0.15) is 24.2 Å². The van der Waals surface area contributed by atoms with Gasteiger partial charge in [0.2, 0.25) is 5.91 Å². The summed E-state index contributed by atoms with van der Waals surface area (Å²) in [6.07, 6.45) is 3.42. The van der Waals surface area contributed by atoms with Crippen LogP contribution >= 0.6 is 0 Å². The fourth-order valence-electron chi connectivity index (χ4n) is 2.74. The average molecular weight is 315 g/mol. The first-order valence-electron chi connectivity index (χ1n) is 7.68. The Bertz CT molecular complexity index is 683. The predicted molar refractivity (Wildman–Crippen MR) is 85.2 cm³/mol. The Morgan fingerprint density at radius 2 is 2.35 bits per heavy atom. The van der Waals surface area contributed by atoms with Crippen molar-refractivity contribution in [1.82, 2.24) is 14.5 Å². The maximum Gasteiger partial charge on any atom is 0.242 e. The lowest BCUT2D eigenvalue weighted by Gasteiger charge is -2.33. The van der Waals surface area contributed by atoms with Crippen LogP contribution in [0.15, 0.2) is 36.7 Å². The standard InChI is InChI=1S/C17H21N3O3/c1-13-18-6-7-19(13)12-17(21)20-8-9-23-16(11-20)14-4-3-5-15(10-14)22-2/h3-7,10,16H,8-9,11-12H2,1-2H3. The predicted octanol–water partition coefficient (Wildman–Crippen LogP) is 1.80. The van der Waals surface area contributed by atoms with Crippen LogP contribution in [0.3, 0.4) is 0 Å². The van der Waals surface area contributed by atoms with Crippen molar-refractivity contribution in [2.75, 3.05) is 26.8 Å². The summed E-state index contributed by atoms with van der Waals surface area (Å²) in [4.78, 5) is 18.5. The van der Waals surface area contributed by atoms with Gasteiger partial charge in [0.15, 0.2) is 0 Å². The molecule has 1 aromatic carbocycles. The van der Waals surface area contributed by atoms with Gasteiger partial charge in [0.25, 0.3) is 0 Å². The van der Waals surface area contributed by atoms with E-state index in [9.17, 15) is 4.79 Å². The molecule has 1 unspecified atom stereocenters. The molecule has 122 valence electrons. The first kappa shape index (κ1) is 15.6. The summed E-state index contributed by atoms with van der Waals surface area (Å²) in [7, 11) is 1.64. The second kappa shape index (κ2) is 6.83. The number of nitrogens with zero attached hydrogens (tertiary/aromatic N) is 3. The maximum atomic E-state index is 12.5. The smallest absolute Gasteiger partial charge is 0.242 e. The first-order valence-corrected chi connectivity index (χ1v) is 7.68. The quantitative estimate of drug-likeness (QED) is 0.863. The Morgan fingerprint density at radius 3 is 3.09 bits per heavy atom. The van der Waals surface area contributed by atoms with E-state index >= 15 is 0 Å². The SMILES string of the molecule is COc1cccc(C2CN(C(=O)Cn3ccnc3C)CCO2)c1. The topological polar surface area (TPSA) is 56.6 Å². The van der Waals surface area contributed by atoms with Crippen molar-refractivity contribution in [2.45, 2.75) is 19.6 Å². The average Bonchev–Trinajstić information content (AvgIpc) is 3.00. The lowest BCUT2D eigenvalue weighted by atomic mass is 10.1. The van der Waals surface area contributed by atoms with E-state index in [4.69, 9.17) is 9.47 Å². The molecule has 23 heavy (non-hydrogen) atoms. The van der Waals surface area contributed by atoms with Gasteiger partial charge >= 0.3 is 0 Å². The molecule has 1 aliphatic rings. The summed E-state index contributed by atoms with van der Waals surface area (Å²) < 4.78 is 13.0. The summed E-state index contributed by atoms with van der Waals surface area (Å²) in [5.74, 6) is 1.72. The van der Waals surface area contributed by atoms with Gasteiger partial charge in [-0.1, -0.05) is 12.1 Å². The Hall–Kier alpha value is -2.34. The molecule has 0 N–H and O–H groups in total. The van der Waals surface area contributed by atoms with Crippen LogP contribution < -0.4 is 4.74 Å². The molecule has 3 rings (SSSR count). The molecule has 0 bridgehead atoms. The highest BCUT2D eigenvalue weighted by Crippen LogP contribution is 2.25. The number of imidazole rings is 1. The molecule has 1 fully saturated rings. The van der Waals surface area contributed by atoms with E-state index in [-0.39, 0.29) is 12.0 Å². The maximum absolute atomic E-state index is 12.5. The number of carbonyl (C=O) groups excluding carboxylic acids is 1. The fraction of sp³-hybridized carbons (Fsp3) is 0.412. The number of amides is 1. The normalized spacial score (nSPS) is 18.0. The summed E-state index contributed by atoms with van der Waals surface area (Å²) >= 11 is 0. The zero-order valence-electron chi connectivity index (χ0n) is 13.4. The molecule has 0 aliphatic carbocycles. The number of morpholine rings is 1. The second-order valence-corrected chi connectivity index (χ2v) is 5.58. The number of benzene rings is 1. The van der Waals surface area contributed by atoms with Gasteiger partial charge in [0, 0.05) is 18.9 Å². The molecule has 1 aliphatic heterocycles. The number of hydrogen-bond donors (Lipinski definition) is 0. The zero-order valence-corrected chi connectivity index (χ0v) is 13.4. The van der Waals surface area contributed by atoms with Gasteiger partial charge in [-0.25, -0.2) is 4.98 Å². The molecule has 1 aromatic heterocycles. The Balaban J connectivity index is 1.68. The monoisotopic (exact) mass is 315 g/mol. The van der Waals surface area contributed by atoms with Crippen molar-refractivity contribution in [3.8, 4) is 5.75 Å². The number of carbonyl (C=O) groups is 1. The van der Waals surface area contributed by atoms with E-state index < -0.39 is 0 Å². The van der Waals surface area contributed by atoms with E-state index in [1.165, 1.54) is 0 Å². The Kier molecular flexibility index (Phi) is 4.62. The van der Waals surface area contributed by atoms with Crippen molar-refractivity contribution < 1.29 is 14.3 Å². The van der Waals surface area contributed by atoms with Gasteiger partial charge < -0.3 is 18.9 Å². The summed E-state index contributed by atoms with van der Waals surface area (Å²) in [6, 6.07) is 7.80. The van der Waals surface area contributed by atoms with Crippen LogP contribution in [0.25, 0.3) is 0 Å². The number of aryl methyl sites for hydroxylation is 1. The van der Waals surface area contributed by atoms with E-state index in [0.717, 1.165) is 17.1 Å². The highest BCUT2D eigenvalue weighted by atomic mass is 16.5.